The van der Waals surface area contributed by atoms with Crippen LogP contribution in [0, 0.1) is 5.92 Å². The van der Waals surface area contributed by atoms with Crippen molar-refractivity contribution in [3.63, 3.8) is 0 Å². The van der Waals surface area contributed by atoms with E-state index in [0.29, 0.717) is 5.56 Å². The van der Waals surface area contributed by atoms with Crippen LogP contribution < -0.4 is 10.0 Å². The van der Waals surface area contributed by atoms with Crippen LogP contribution in [0.3, 0.4) is 0 Å². The second-order valence-electron chi connectivity index (χ2n) is 4.19. The molecule has 0 aliphatic carbocycles. The molecule has 110 valence electrons. The van der Waals surface area contributed by atoms with Gasteiger partial charge in [-0.1, -0.05) is 6.92 Å². The van der Waals surface area contributed by atoms with Gasteiger partial charge in [-0.05, 0) is 24.3 Å². The van der Waals surface area contributed by atoms with E-state index in [1.165, 1.54) is 38.2 Å². The minimum absolute atomic E-state index is 0.0252. The van der Waals surface area contributed by atoms with Gasteiger partial charge in [-0.15, -0.1) is 0 Å². The summed E-state index contributed by atoms with van der Waals surface area (Å²) in [4.78, 5) is 21.9. The number of nitrogens with one attached hydrogen (secondary N) is 2. The molecular weight excluding hydrogens is 284 g/mol. The van der Waals surface area contributed by atoms with Crippen LogP contribution in [0.4, 0.5) is 0 Å². The standard InChI is InChI=1S/C12H16N2O5S/c1-8(12(16)17)7-14-20(18,19)10-5-3-9(4-6-10)11(15)13-2/h3-6,8,14H,7H2,1-2H3,(H,13,15)(H,16,17). The summed E-state index contributed by atoms with van der Waals surface area (Å²) >= 11 is 0. The van der Waals surface area contributed by atoms with Gasteiger partial charge >= 0.3 is 5.97 Å². The average molecular weight is 300 g/mol. The van der Waals surface area contributed by atoms with Crippen LogP contribution in [-0.4, -0.2) is 39.0 Å². The Hall–Kier alpha value is -1.93. The predicted molar refractivity (Wildman–Crippen MR) is 71.8 cm³/mol. The molecule has 1 unspecified atom stereocenters. The SMILES string of the molecule is CNC(=O)c1ccc(S(=O)(=O)NCC(C)C(=O)O)cc1. The van der Waals surface area contributed by atoms with Gasteiger partial charge in [0.25, 0.3) is 5.91 Å². The number of carboxylic acid groups (broad SMARTS) is 1. The predicted octanol–water partition coefficient (Wildman–Crippen LogP) is 0.0452. The minimum atomic E-state index is -3.78. The summed E-state index contributed by atoms with van der Waals surface area (Å²) < 4.78 is 26.0. The number of amides is 1. The van der Waals surface area contributed by atoms with E-state index in [9.17, 15) is 18.0 Å². The smallest absolute Gasteiger partial charge is 0.307 e. The number of aliphatic carboxylic acids is 1. The van der Waals surface area contributed by atoms with Gasteiger partial charge in [0.2, 0.25) is 10.0 Å². The van der Waals surface area contributed by atoms with Crippen LogP contribution in [0.25, 0.3) is 0 Å². The van der Waals surface area contributed by atoms with Gasteiger partial charge in [0, 0.05) is 19.2 Å². The van der Waals surface area contributed by atoms with Crippen LogP contribution >= 0.6 is 0 Å². The molecule has 0 heterocycles. The second-order valence-corrected chi connectivity index (χ2v) is 5.96. The van der Waals surface area contributed by atoms with Gasteiger partial charge in [-0.25, -0.2) is 13.1 Å². The van der Waals surface area contributed by atoms with Gasteiger partial charge in [0.1, 0.15) is 0 Å². The van der Waals surface area contributed by atoms with Crippen LogP contribution in [0.15, 0.2) is 29.2 Å². The summed E-state index contributed by atoms with van der Waals surface area (Å²) in [6.45, 7) is 1.20. The average Bonchev–Trinajstić information content (AvgIpc) is 2.44. The summed E-state index contributed by atoms with van der Waals surface area (Å²) in [6.07, 6.45) is 0. The molecule has 0 bridgehead atoms. The maximum Gasteiger partial charge on any atom is 0.307 e. The maximum atomic E-state index is 11.9. The Balaban J connectivity index is 2.83. The van der Waals surface area contributed by atoms with E-state index in [1.54, 1.807) is 0 Å². The van der Waals surface area contributed by atoms with Crippen molar-refractivity contribution in [3.8, 4) is 0 Å². The number of sulfonamides is 1. The molecule has 20 heavy (non-hydrogen) atoms. The molecule has 0 aliphatic rings. The quantitative estimate of drug-likeness (QED) is 0.687. The monoisotopic (exact) mass is 300 g/mol. The minimum Gasteiger partial charge on any atom is -0.481 e. The fourth-order valence-electron chi connectivity index (χ4n) is 1.34. The molecule has 0 fully saturated rings. The van der Waals surface area contributed by atoms with Crippen LogP contribution in [0.2, 0.25) is 0 Å². The number of benzene rings is 1. The largest absolute Gasteiger partial charge is 0.481 e. The molecule has 0 aliphatic heterocycles. The lowest BCUT2D eigenvalue weighted by Crippen LogP contribution is -2.31. The number of carboxylic acids is 1. The first kappa shape index (κ1) is 16.1. The normalized spacial score (nSPS) is 12.7. The van der Waals surface area contributed by atoms with E-state index >= 15 is 0 Å². The number of hydrogen-bond acceptors (Lipinski definition) is 4. The highest BCUT2D eigenvalue weighted by molar-refractivity contribution is 7.89. The number of hydrogen-bond donors (Lipinski definition) is 3. The molecule has 1 rings (SSSR count). The van der Waals surface area contributed by atoms with Crippen molar-refractivity contribution in [1.82, 2.24) is 10.0 Å². The fraction of sp³-hybridized carbons (Fsp3) is 0.333. The molecule has 1 aromatic rings. The zero-order valence-corrected chi connectivity index (χ0v) is 11.9. The molecule has 0 saturated carbocycles. The molecule has 1 amide bonds. The third-order valence-corrected chi connectivity index (χ3v) is 4.09. The van der Waals surface area contributed by atoms with Gasteiger partial charge in [-0.2, -0.15) is 0 Å². The second kappa shape index (κ2) is 6.49. The lowest BCUT2D eigenvalue weighted by Gasteiger charge is -2.09. The Kier molecular flexibility index (Phi) is 5.23. The van der Waals surface area contributed by atoms with Gasteiger partial charge in [-0.3, -0.25) is 9.59 Å². The Bertz CT molecular complexity index is 595. The Labute approximate surface area is 117 Å². The lowest BCUT2D eigenvalue weighted by molar-refractivity contribution is -0.140. The van der Waals surface area contributed by atoms with Gasteiger partial charge in [0.15, 0.2) is 0 Å². The molecular formula is C12H16N2O5S. The highest BCUT2D eigenvalue weighted by atomic mass is 32.2. The van der Waals surface area contributed by atoms with Crippen LogP contribution in [-0.2, 0) is 14.8 Å². The van der Waals surface area contributed by atoms with E-state index in [-0.39, 0.29) is 17.3 Å². The Morgan fingerprint density at radius 1 is 1.25 bits per heavy atom. The van der Waals surface area contributed by atoms with Crippen molar-refractivity contribution in [1.29, 1.82) is 0 Å². The van der Waals surface area contributed by atoms with Crippen molar-refractivity contribution in [2.75, 3.05) is 13.6 Å². The maximum absolute atomic E-state index is 11.9. The number of carbonyl (C=O) groups excluding carboxylic acids is 1. The molecule has 3 N–H and O–H groups in total. The molecule has 0 spiro atoms. The van der Waals surface area contributed by atoms with E-state index in [0.717, 1.165) is 0 Å². The number of rotatable bonds is 6. The first-order chi connectivity index (χ1) is 9.27. The van der Waals surface area contributed by atoms with Crippen LogP contribution in [0.5, 0.6) is 0 Å². The van der Waals surface area contributed by atoms with Crippen molar-refractivity contribution in [2.45, 2.75) is 11.8 Å². The van der Waals surface area contributed by atoms with E-state index in [4.69, 9.17) is 5.11 Å². The van der Waals surface area contributed by atoms with Crippen molar-refractivity contribution in [3.05, 3.63) is 29.8 Å². The molecule has 0 saturated heterocycles. The van der Waals surface area contributed by atoms with E-state index in [1.807, 2.05) is 0 Å². The summed E-state index contributed by atoms with van der Waals surface area (Å²) in [7, 11) is -2.31. The highest BCUT2D eigenvalue weighted by Crippen LogP contribution is 2.11. The fourth-order valence-corrected chi connectivity index (χ4v) is 2.47. The molecule has 0 radical (unpaired) electrons. The molecule has 0 aromatic heterocycles. The third kappa shape index (κ3) is 4.04. The van der Waals surface area contributed by atoms with Gasteiger partial charge < -0.3 is 10.4 Å². The Morgan fingerprint density at radius 3 is 2.25 bits per heavy atom. The zero-order valence-electron chi connectivity index (χ0n) is 11.1. The van der Waals surface area contributed by atoms with Crippen molar-refractivity contribution >= 4 is 21.9 Å². The van der Waals surface area contributed by atoms with Crippen LogP contribution in [0.1, 0.15) is 17.3 Å². The Morgan fingerprint density at radius 2 is 1.80 bits per heavy atom. The molecule has 1 aromatic carbocycles. The van der Waals surface area contributed by atoms with E-state index in [2.05, 4.69) is 10.0 Å². The van der Waals surface area contributed by atoms with Crippen molar-refractivity contribution < 1.29 is 23.1 Å². The first-order valence-corrected chi connectivity index (χ1v) is 7.31. The lowest BCUT2D eigenvalue weighted by atomic mass is 10.2. The van der Waals surface area contributed by atoms with Gasteiger partial charge in [0.05, 0.1) is 10.8 Å². The third-order valence-electron chi connectivity index (χ3n) is 2.65. The molecule has 7 nitrogen and oxygen atoms in total. The molecule has 8 heteroatoms. The summed E-state index contributed by atoms with van der Waals surface area (Å²) in [5.41, 5.74) is 0.338. The highest BCUT2D eigenvalue weighted by Gasteiger charge is 2.18. The summed E-state index contributed by atoms with van der Waals surface area (Å²) in [6, 6.07) is 5.35. The number of carbonyl (C=O) groups is 2. The summed E-state index contributed by atoms with van der Waals surface area (Å²) in [5.74, 6) is -2.22. The molecule has 1 atom stereocenters. The van der Waals surface area contributed by atoms with E-state index < -0.39 is 21.9 Å². The topological polar surface area (TPSA) is 113 Å². The summed E-state index contributed by atoms with van der Waals surface area (Å²) in [5, 5.41) is 11.1. The zero-order chi connectivity index (χ0) is 15.3. The first-order valence-electron chi connectivity index (χ1n) is 5.82. The van der Waals surface area contributed by atoms with Crippen molar-refractivity contribution in [2.24, 2.45) is 5.92 Å².